The van der Waals surface area contributed by atoms with Gasteiger partial charge in [0.25, 0.3) is 0 Å². The molecule has 0 bridgehead atoms. The summed E-state index contributed by atoms with van der Waals surface area (Å²) in [5.74, 6) is 0.892. The number of allylic oxidation sites excluding steroid dienone is 2. The zero-order chi connectivity index (χ0) is 9.35. The predicted octanol–water partition coefficient (Wildman–Crippen LogP) is 2.96. The maximum Gasteiger partial charge on any atom is 0.155 e. The topological polar surface area (TPSA) is 17.1 Å². The summed E-state index contributed by atoms with van der Waals surface area (Å²) >= 11 is 0. The minimum atomic E-state index is 0.299. The van der Waals surface area contributed by atoms with E-state index in [2.05, 4.69) is 27.7 Å². The van der Waals surface area contributed by atoms with E-state index in [1.54, 1.807) is 0 Å². The van der Waals surface area contributed by atoms with E-state index in [9.17, 15) is 4.79 Å². The summed E-state index contributed by atoms with van der Waals surface area (Å²) in [7, 11) is 0. The standard InChI is InChI=1S/C11H18O/c1-8-7-9(12)5-6-10(8)11(2,3)4/h7,10H,5-6H2,1-4H3/t10-/m0/s1. The lowest BCUT2D eigenvalue weighted by Crippen LogP contribution is -2.25. The molecule has 0 unspecified atom stereocenters. The molecule has 1 aliphatic rings. The Morgan fingerprint density at radius 1 is 1.42 bits per heavy atom. The van der Waals surface area contributed by atoms with E-state index in [0.717, 1.165) is 12.8 Å². The molecule has 0 amide bonds. The van der Waals surface area contributed by atoms with Crippen molar-refractivity contribution in [3.63, 3.8) is 0 Å². The third-order valence-electron chi connectivity index (χ3n) is 2.66. The summed E-state index contributed by atoms with van der Waals surface area (Å²) in [6.07, 6.45) is 3.59. The van der Waals surface area contributed by atoms with Crippen molar-refractivity contribution in [3.05, 3.63) is 11.6 Å². The van der Waals surface area contributed by atoms with E-state index < -0.39 is 0 Å². The fourth-order valence-corrected chi connectivity index (χ4v) is 2.06. The number of carbonyl (C=O) groups excluding carboxylic acids is 1. The molecule has 1 atom stereocenters. The lowest BCUT2D eigenvalue weighted by atomic mass is 9.71. The first kappa shape index (κ1) is 9.50. The Morgan fingerprint density at radius 3 is 2.42 bits per heavy atom. The Labute approximate surface area is 74.9 Å². The molecule has 0 heterocycles. The smallest absolute Gasteiger partial charge is 0.155 e. The molecule has 0 radical (unpaired) electrons. The van der Waals surface area contributed by atoms with Crippen molar-refractivity contribution >= 4 is 5.78 Å². The first-order valence-corrected chi connectivity index (χ1v) is 4.62. The zero-order valence-electron chi connectivity index (χ0n) is 8.48. The Kier molecular flexibility index (Phi) is 2.41. The van der Waals surface area contributed by atoms with Gasteiger partial charge in [-0.15, -0.1) is 0 Å². The number of ketones is 1. The van der Waals surface area contributed by atoms with Crippen molar-refractivity contribution in [2.24, 2.45) is 11.3 Å². The molecule has 0 aromatic heterocycles. The van der Waals surface area contributed by atoms with E-state index in [1.807, 2.05) is 6.08 Å². The maximum atomic E-state index is 11.1. The van der Waals surface area contributed by atoms with Gasteiger partial charge in [0.2, 0.25) is 0 Å². The Hall–Kier alpha value is -0.590. The van der Waals surface area contributed by atoms with Crippen LogP contribution < -0.4 is 0 Å². The summed E-state index contributed by atoms with van der Waals surface area (Å²) in [6.45, 7) is 8.80. The molecule has 0 aromatic rings. The normalized spacial score (nSPS) is 25.5. The molecule has 0 saturated carbocycles. The second-order valence-corrected chi connectivity index (χ2v) is 4.81. The van der Waals surface area contributed by atoms with Gasteiger partial charge in [-0.25, -0.2) is 0 Å². The van der Waals surface area contributed by atoms with E-state index in [0.29, 0.717) is 17.1 Å². The largest absolute Gasteiger partial charge is 0.295 e. The van der Waals surface area contributed by atoms with Gasteiger partial charge in [0.15, 0.2) is 5.78 Å². The third-order valence-corrected chi connectivity index (χ3v) is 2.66. The van der Waals surface area contributed by atoms with Crippen LogP contribution in [0.15, 0.2) is 11.6 Å². The van der Waals surface area contributed by atoms with E-state index >= 15 is 0 Å². The first-order chi connectivity index (χ1) is 5.41. The maximum absolute atomic E-state index is 11.1. The van der Waals surface area contributed by atoms with Crippen LogP contribution in [0.1, 0.15) is 40.5 Å². The van der Waals surface area contributed by atoms with Crippen molar-refractivity contribution in [2.45, 2.75) is 40.5 Å². The fourth-order valence-electron chi connectivity index (χ4n) is 2.06. The van der Waals surface area contributed by atoms with Gasteiger partial charge in [0.05, 0.1) is 0 Å². The summed E-state index contributed by atoms with van der Waals surface area (Å²) in [4.78, 5) is 11.1. The lowest BCUT2D eigenvalue weighted by molar-refractivity contribution is -0.115. The van der Waals surface area contributed by atoms with Crippen molar-refractivity contribution in [2.75, 3.05) is 0 Å². The highest BCUT2D eigenvalue weighted by molar-refractivity contribution is 5.91. The van der Waals surface area contributed by atoms with Gasteiger partial charge < -0.3 is 0 Å². The highest BCUT2D eigenvalue weighted by Gasteiger charge is 2.28. The van der Waals surface area contributed by atoms with Gasteiger partial charge in [-0.05, 0) is 30.8 Å². The van der Waals surface area contributed by atoms with Gasteiger partial charge in [-0.2, -0.15) is 0 Å². The Bertz CT molecular complexity index is 218. The van der Waals surface area contributed by atoms with Crippen molar-refractivity contribution < 1.29 is 4.79 Å². The summed E-state index contributed by atoms with van der Waals surface area (Å²) in [5, 5.41) is 0. The number of hydrogen-bond acceptors (Lipinski definition) is 1. The summed E-state index contributed by atoms with van der Waals surface area (Å²) < 4.78 is 0. The molecule has 68 valence electrons. The molecule has 12 heavy (non-hydrogen) atoms. The molecule has 1 nitrogen and oxygen atoms in total. The van der Waals surface area contributed by atoms with Crippen molar-refractivity contribution in [1.29, 1.82) is 0 Å². The molecule has 0 N–H and O–H groups in total. The Morgan fingerprint density at radius 2 is 2.00 bits per heavy atom. The lowest BCUT2D eigenvalue weighted by Gasteiger charge is -2.33. The van der Waals surface area contributed by atoms with Gasteiger partial charge in [0, 0.05) is 6.42 Å². The molecular formula is C11H18O. The van der Waals surface area contributed by atoms with Crippen LogP contribution in [0.3, 0.4) is 0 Å². The molecular weight excluding hydrogens is 148 g/mol. The van der Waals surface area contributed by atoms with Crippen LogP contribution in [0, 0.1) is 11.3 Å². The minimum absolute atomic E-state index is 0.299. The monoisotopic (exact) mass is 166 g/mol. The highest BCUT2D eigenvalue weighted by Crippen LogP contribution is 2.37. The third kappa shape index (κ3) is 1.96. The van der Waals surface area contributed by atoms with Gasteiger partial charge in [0.1, 0.15) is 0 Å². The second kappa shape index (κ2) is 3.04. The zero-order valence-corrected chi connectivity index (χ0v) is 8.48. The molecule has 0 spiro atoms. The Balaban J connectivity index is 2.83. The molecule has 0 saturated heterocycles. The average molecular weight is 166 g/mol. The highest BCUT2D eigenvalue weighted by atomic mass is 16.1. The molecule has 0 aliphatic heterocycles. The second-order valence-electron chi connectivity index (χ2n) is 4.81. The first-order valence-electron chi connectivity index (χ1n) is 4.62. The summed E-state index contributed by atoms with van der Waals surface area (Å²) in [6, 6.07) is 0. The van der Waals surface area contributed by atoms with Crippen LogP contribution in [0.4, 0.5) is 0 Å². The number of rotatable bonds is 0. The molecule has 1 rings (SSSR count). The quantitative estimate of drug-likeness (QED) is 0.540. The van der Waals surface area contributed by atoms with Crippen LogP contribution in [-0.2, 0) is 4.79 Å². The van der Waals surface area contributed by atoms with E-state index in [4.69, 9.17) is 0 Å². The number of hydrogen-bond donors (Lipinski definition) is 0. The minimum Gasteiger partial charge on any atom is -0.295 e. The fraction of sp³-hybridized carbons (Fsp3) is 0.727. The van der Waals surface area contributed by atoms with Crippen LogP contribution in [0.5, 0.6) is 0 Å². The van der Waals surface area contributed by atoms with Gasteiger partial charge >= 0.3 is 0 Å². The van der Waals surface area contributed by atoms with E-state index in [-0.39, 0.29) is 0 Å². The van der Waals surface area contributed by atoms with Gasteiger partial charge in [-0.1, -0.05) is 26.3 Å². The molecule has 0 aromatic carbocycles. The van der Waals surface area contributed by atoms with E-state index in [1.165, 1.54) is 5.57 Å². The average Bonchev–Trinajstić information content (AvgIpc) is 1.83. The van der Waals surface area contributed by atoms with Crippen LogP contribution in [0.25, 0.3) is 0 Å². The summed E-state index contributed by atoms with van der Waals surface area (Å²) in [5.41, 5.74) is 1.57. The van der Waals surface area contributed by atoms with Crippen LogP contribution >= 0.6 is 0 Å². The molecule has 0 fully saturated rings. The van der Waals surface area contributed by atoms with Crippen molar-refractivity contribution in [1.82, 2.24) is 0 Å². The van der Waals surface area contributed by atoms with Crippen LogP contribution in [0.2, 0.25) is 0 Å². The SMILES string of the molecule is CC1=CC(=O)CC[C@@H]1C(C)(C)C. The number of carbonyl (C=O) groups is 1. The molecule has 1 aliphatic carbocycles. The molecule has 1 heteroatoms. The van der Waals surface area contributed by atoms with Crippen LogP contribution in [-0.4, -0.2) is 5.78 Å². The van der Waals surface area contributed by atoms with Crippen molar-refractivity contribution in [3.8, 4) is 0 Å². The predicted molar refractivity (Wildman–Crippen MR) is 50.9 cm³/mol. The van der Waals surface area contributed by atoms with Gasteiger partial charge in [-0.3, -0.25) is 4.79 Å².